The number of likely N-dealkylation sites (N-methyl/N-ethyl adjacent to an activating group) is 1. The minimum atomic E-state index is -0.00985. The molecule has 2 rings (SSSR count). The molecule has 0 bridgehead atoms. The van der Waals surface area contributed by atoms with Crippen LogP contribution in [0, 0.1) is 0 Å². The summed E-state index contributed by atoms with van der Waals surface area (Å²) in [5.74, 6) is 1.01. The van der Waals surface area contributed by atoms with E-state index in [1.807, 2.05) is 31.3 Å². The third-order valence-corrected chi connectivity index (χ3v) is 3.54. The van der Waals surface area contributed by atoms with E-state index in [0.29, 0.717) is 6.54 Å². The zero-order valence-corrected chi connectivity index (χ0v) is 12.9. The molecule has 1 aromatic carbocycles. The van der Waals surface area contributed by atoms with Crippen molar-refractivity contribution in [1.29, 1.82) is 0 Å². The lowest BCUT2D eigenvalue weighted by Gasteiger charge is -2.27. The molecule has 0 aromatic heterocycles. The van der Waals surface area contributed by atoms with Crippen LogP contribution < -0.4 is 10.1 Å². The Morgan fingerprint density at radius 3 is 2.90 bits per heavy atom. The molecule has 0 spiro atoms. The van der Waals surface area contributed by atoms with Crippen LogP contribution >= 0.6 is 12.4 Å². The van der Waals surface area contributed by atoms with Crippen LogP contribution in [0.4, 0.5) is 0 Å². The smallest absolute Gasteiger partial charge is 0.239 e. The van der Waals surface area contributed by atoms with Gasteiger partial charge in [0.1, 0.15) is 5.75 Å². The minimum absolute atomic E-state index is 0. The van der Waals surface area contributed by atoms with Crippen LogP contribution in [0.15, 0.2) is 24.3 Å². The Morgan fingerprint density at radius 2 is 2.25 bits per heavy atom. The molecule has 5 heteroatoms. The van der Waals surface area contributed by atoms with Gasteiger partial charge in [0.25, 0.3) is 0 Å². The van der Waals surface area contributed by atoms with Crippen molar-refractivity contribution in [3.63, 3.8) is 0 Å². The van der Waals surface area contributed by atoms with Crippen molar-refractivity contribution in [2.24, 2.45) is 0 Å². The second-order valence-corrected chi connectivity index (χ2v) is 5.05. The topological polar surface area (TPSA) is 41.6 Å². The van der Waals surface area contributed by atoms with E-state index in [0.717, 1.165) is 30.7 Å². The standard InChI is InChI=1S/C15H22N2O2.ClH/c1-17(15(18)14-8-3-4-9-16-14)11-12-6-5-7-13(10-12)19-2;/h5-7,10,14,16H,3-4,8-9,11H2,1-2H3;1H/t14-;/m1./s1. The average Bonchev–Trinajstić information content (AvgIpc) is 2.47. The second kappa shape index (κ2) is 8.12. The van der Waals surface area contributed by atoms with E-state index in [1.165, 1.54) is 6.42 Å². The Morgan fingerprint density at radius 1 is 1.45 bits per heavy atom. The summed E-state index contributed by atoms with van der Waals surface area (Å²) < 4.78 is 5.20. The number of ether oxygens (including phenoxy) is 1. The monoisotopic (exact) mass is 298 g/mol. The first-order valence-corrected chi connectivity index (χ1v) is 6.82. The molecular weight excluding hydrogens is 276 g/mol. The van der Waals surface area contributed by atoms with Crippen molar-refractivity contribution < 1.29 is 9.53 Å². The normalized spacial score (nSPS) is 18.0. The third-order valence-electron chi connectivity index (χ3n) is 3.54. The van der Waals surface area contributed by atoms with Crippen LogP contribution in [0.5, 0.6) is 5.75 Å². The molecule has 0 saturated carbocycles. The largest absolute Gasteiger partial charge is 0.497 e. The van der Waals surface area contributed by atoms with Gasteiger partial charge < -0.3 is 15.0 Å². The first-order chi connectivity index (χ1) is 9.20. The van der Waals surface area contributed by atoms with E-state index in [2.05, 4.69) is 5.32 Å². The van der Waals surface area contributed by atoms with Gasteiger partial charge in [-0.05, 0) is 37.1 Å². The van der Waals surface area contributed by atoms with Crippen LogP contribution in [0.2, 0.25) is 0 Å². The summed E-state index contributed by atoms with van der Waals surface area (Å²) in [7, 11) is 3.51. The Balaban J connectivity index is 0.00000200. The number of carbonyl (C=O) groups is 1. The SMILES string of the molecule is COc1cccc(CN(C)C(=O)[C@H]2CCCCN2)c1.Cl. The van der Waals surface area contributed by atoms with Gasteiger partial charge in [-0.3, -0.25) is 4.79 Å². The highest BCUT2D eigenvalue weighted by Gasteiger charge is 2.23. The van der Waals surface area contributed by atoms with Crippen molar-refractivity contribution in [3.8, 4) is 5.75 Å². The highest BCUT2D eigenvalue weighted by atomic mass is 35.5. The van der Waals surface area contributed by atoms with E-state index >= 15 is 0 Å². The van der Waals surface area contributed by atoms with E-state index in [9.17, 15) is 4.79 Å². The van der Waals surface area contributed by atoms with Crippen molar-refractivity contribution in [1.82, 2.24) is 10.2 Å². The highest BCUT2D eigenvalue weighted by molar-refractivity contribution is 5.85. The number of methoxy groups -OCH3 is 1. The predicted molar refractivity (Wildman–Crippen MR) is 82.4 cm³/mol. The number of benzene rings is 1. The molecule has 1 aliphatic rings. The number of halogens is 1. The average molecular weight is 299 g/mol. The molecule has 1 saturated heterocycles. The van der Waals surface area contributed by atoms with Gasteiger partial charge in [-0.15, -0.1) is 12.4 Å². The summed E-state index contributed by atoms with van der Waals surface area (Å²) in [5, 5.41) is 3.29. The Kier molecular flexibility index (Phi) is 6.82. The molecule has 1 atom stereocenters. The summed E-state index contributed by atoms with van der Waals surface area (Å²) in [6.07, 6.45) is 3.25. The predicted octanol–water partition coefficient (Wildman–Crippen LogP) is 2.22. The first-order valence-electron chi connectivity index (χ1n) is 6.82. The third kappa shape index (κ3) is 4.39. The highest BCUT2D eigenvalue weighted by Crippen LogP contribution is 2.15. The molecule has 1 amide bonds. The maximum atomic E-state index is 12.3. The fourth-order valence-corrected chi connectivity index (χ4v) is 2.45. The molecule has 1 aromatic rings. The Hall–Kier alpha value is -1.26. The van der Waals surface area contributed by atoms with Crippen molar-refractivity contribution >= 4 is 18.3 Å². The second-order valence-electron chi connectivity index (χ2n) is 5.05. The number of piperidine rings is 1. The zero-order valence-electron chi connectivity index (χ0n) is 12.1. The molecule has 1 fully saturated rings. The first kappa shape index (κ1) is 16.8. The van der Waals surface area contributed by atoms with Gasteiger partial charge in [-0.1, -0.05) is 18.6 Å². The molecule has 4 nitrogen and oxygen atoms in total. The van der Waals surface area contributed by atoms with E-state index in [1.54, 1.807) is 12.0 Å². The lowest BCUT2D eigenvalue weighted by molar-refractivity contribution is -0.133. The van der Waals surface area contributed by atoms with Gasteiger partial charge in [-0.25, -0.2) is 0 Å². The van der Waals surface area contributed by atoms with Gasteiger partial charge in [0.15, 0.2) is 0 Å². The molecular formula is C15H23ClN2O2. The summed E-state index contributed by atoms with van der Waals surface area (Å²) in [6, 6.07) is 7.84. The van der Waals surface area contributed by atoms with Gasteiger partial charge >= 0.3 is 0 Å². The fraction of sp³-hybridized carbons (Fsp3) is 0.533. The number of hydrogen-bond donors (Lipinski definition) is 1. The molecule has 1 heterocycles. The lowest BCUT2D eigenvalue weighted by Crippen LogP contribution is -2.46. The molecule has 1 aliphatic heterocycles. The minimum Gasteiger partial charge on any atom is -0.497 e. The number of amides is 1. The van der Waals surface area contributed by atoms with Gasteiger partial charge in [-0.2, -0.15) is 0 Å². The number of rotatable bonds is 4. The molecule has 0 unspecified atom stereocenters. The summed E-state index contributed by atoms with van der Waals surface area (Å²) in [6.45, 7) is 1.57. The van der Waals surface area contributed by atoms with E-state index in [4.69, 9.17) is 4.74 Å². The molecule has 20 heavy (non-hydrogen) atoms. The summed E-state index contributed by atoms with van der Waals surface area (Å²) in [5.41, 5.74) is 1.09. The van der Waals surface area contributed by atoms with Gasteiger partial charge in [0, 0.05) is 13.6 Å². The van der Waals surface area contributed by atoms with Crippen LogP contribution in [0.1, 0.15) is 24.8 Å². The van der Waals surface area contributed by atoms with Crippen LogP contribution in [-0.4, -0.2) is 37.6 Å². The maximum Gasteiger partial charge on any atom is 0.239 e. The van der Waals surface area contributed by atoms with Gasteiger partial charge in [0.2, 0.25) is 5.91 Å². The number of nitrogens with one attached hydrogen (secondary N) is 1. The molecule has 112 valence electrons. The number of carbonyl (C=O) groups excluding carboxylic acids is 1. The Bertz CT molecular complexity index is 434. The fourth-order valence-electron chi connectivity index (χ4n) is 2.45. The maximum absolute atomic E-state index is 12.3. The van der Waals surface area contributed by atoms with Crippen molar-refractivity contribution in [3.05, 3.63) is 29.8 Å². The van der Waals surface area contributed by atoms with E-state index in [-0.39, 0.29) is 24.4 Å². The quantitative estimate of drug-likeness (QED) is 0.927. The summed E-state index contributed by atoms with van der Waals surface area (Å²) >= 11 is 0. The van der Waals surface area contributed by atoms with Crippen molar-refractivity contribution in [2.75, 3.05) is 20.7 Å². The molecule has 0 radical (unpaired) electrons. The van der Waals surface area contributed by atoms with Gasteiger partial charge in [0.05, 0.1) is 13.2 Å². The van der Waals surface area contributed by atoms with E-state index < -0.39 is 0 Å². The number of nitrogens with zero attached hydrogens (tertiary/aromatic N) is 1. The Labute approximate surface area is 126 Å². The number of hydrogen-bond acceptors (Lipinski definition) is 3. The zero-order chi connectivity index (χ0) is 13.7. The molecule has 1 N–H and O–H groups in total. The summed E-state index contributed by atoms with van der Waals surface area (Å²) in [4.78, 5) is 14.1. The molecule has 0 aliphatic carbocycles. The van der Waals surface area contributed by atoms with Crippen LogP contribution in [-0.2, 0) is 11.3 Å². The van der Waals surface area contributed by atoms with Crippen LogP contribution in [0.3, 0.4) is 0 Å². The van der Waals surface area contributed by atoms with Crippen molar-refractivity contribution in [2.45, 2.75) is 31.8 Å². The van der Waals surface area contributed by atoms with Crippen LogP contribution in [0.25, 0.3) is 0 Å². The lowest BCUT2D eigenvalue weighted by atomic mass is 10.0.